The van der Waals surface area contributed by atoms with Gasteiger partial charge in [0.1, 0.15) is 11.5 Å². The molecule has 0 bridgehead atoms. The minimum Gasteiger partial charge on any atom is -0.497 e. The Morgan fingerprint density at radius 1 is 0.971 bits per heavy atom. The molecule has 34 heavy (non-hydrogen) atoms. The second kappa shape index (κ2) is 10.3. The second-order valence-electron chi connectivity index (χ2n) is 7.26. The summed E-state index contributed by atoms with van der Waals surface area (Å²) in [6.07, 6.45) is -0.934. The van der Waals surface area contributed by atoms with Gasteiger partial charge in [0.25, 0.3) is 5.91 Å². The van der Waals surface area contributed by atoms with Gasteiger partial charge in [0.15, 0.2) is 17.0 Å². The van der Waals surface area contributed by atoms with Gasteiger partial charge in [-0.15, -0.1) is 0 Å². The highest BCUT2D eigenvalue weighted by Crippen LogP contribution is 2.44. The summed E-state index contributed by atoms with van der Waals surface area (Å²) in [5.41, 5.74) is 1.54. The molecule has 1 heterocycles. The summed E-state index contributed by atoms with van der Waals surface area (Å²) in [4.78, 5) is 14.3. The second-order valence-corrected chi connectivity index (χ2v) is 8.41. The number of thioether (sulfide) groups is 1. The molecule has 3 aromatic rings. The molecular weight excluding hydrogens is 454 g/mol. The van der Waals surface area contributed by atoms with E-state index in [2.05, 4.69) is 16.7 Å². The Labute approximate surface area is 201 Å². The van der Waals surface area contributed by atoms with Gasteiger partial charge in [-0.2, -0.15) is 5.26 Å². The molecule has 1 amide bonds. The number of anilines is 1. The topological polar surface area (TPSA) is 102 Å². The fourth-order valence-electron chi connectivity index (χ4n) is 3.43. The summed E-state index contributed by atoms with van der Waals surface area (Å²) < 4.78 is 22.0. The number of nitrogens with one attached hydrogen (secondary N) is 2. The number of nitriles is 1. The molecule has 2 atom stereocenters. The number of hydrogen-bond donors (Lipinski definition) is 2. The van der Waals surface area contributed by atoms with Crippen LogP contribution in [0.5, 0.6) is 23.0 Å². The van der Waals surface area contributed by atoms with Gasteiger partial charge < -0.3 is 29.6 Å². The lowest BCUT2D eigenvalue weighted by Gasteiger charge is -2.22. The lowest BCUT2D eigenvalue weighted by atomic mass is 10.1. The van der Waals surface area contributed by atoms with Gasteiger partial charge in [0.05, 0.1) is 38.6 Å². The molecule has 3 aromatic carbocycles. The highest BCUT2D eigenvalue weighted by atomic mass is 32.2. The first-order valence-corrected chi connectivity index (χ1v) is 11.2. The molecule has 4 rings (SSSR count). The Bertz CT molecular complexity index is 1180. The Kier molecular flexibility index (Phi) is 6.99. The van der Waals surface area contributed by atoms with Crippen molar-refractivity contribution in [2.24, 2.45) is 0 Å². The van der Waals surface area contributed by atoms with Crippen molar-refractivity contribution in [1.29, 1.82) is 5.26 Å². The Hall–Kier alpha value is -4.03. The predicted molar refractivity (Wildman–Crippen MR) is 128 cm³/mol. The van der Waals surface area contributed by atoms with Gasteiger partial charge in [-0.1, -0.05) is 23.9 Å². The summed E-state index contributed by atoms with van der Waals surface area (Å²) in [7, 11) is 4.73. The van der Waals surface area contributed by atoms with E-state index in [1.807, 2.05) is 12.1 Å². The van der Waals surface area contributed by atoms with Crippen LogP contribution >= 0.6 is 11.8 Å². The quantitative estimate of drug-likeness (QED) is 0.495. The van der Waals surface area contributed by atoms with Gasteiger partial charge in [-0.05, 0) is 42.5 Å². The molecule has 8 nitrogen and oxygen atoms in total. The lowest BCUT2D eigenvalue weighted by molar-refractivity contribution is -0.128. The zero-order valence-electron chi connectivity index (χ0n) is 18.8. The average Bonchev–Trinajstić information content (AvgIpc) is 3.27. The molecule has 0 aromatic heterocycles. The van der Waals surface area contributed by atoms with Gasteiger partial charge in [-0.3, -0.25) is 4.79 Å². The van der Waals surface area contributed by atoms with Crippen LogP contribution in [0.15, 0.2) is 65.6 Å². The first kappa shape index (κ1) is 23.1. The number of amides is 1. The number of carbonyl (C=O) groups excluding carboxylic acids is 1. The molecule has 2 N–H and O–H groups in total. The van der Waals surface area contributed by atoms with E-state index in [0.29, 0.717) is 34.1 Å². The Morgan fingerprint density at radius 2 is 1.62 bits per heavy atom. The van der Waals surface area contributed by atoms with Crippen LogP contribution in [0.1, 0.15) is 17.2 Å². The number of methoxy groups -OCH3 is 3. The van der Waals surface area contributed by atoms with Crippen molar-refractivity contribution in [3.63, 3.8) is 0 Å². The van der Waals surface area contributed by atoms with Crippen LogP contribution in [0.4, 0.5) is 5.69 Å². The summed E-state index contributed by atoms with van der Waals surface area (Å²) in [5.74, 6) is 2.06. The monoisotopic (exact) mass is 477 g/mol. The van der Waals surface area contributed by atoms with Crippen molar-refractivity contribution in [3.05, 3.63) is 71.8 Å². The van der Waals surface area contributed by atoms with E-state index in [1.165, 1.54) is 11.8 Å². The molecule has 1 aliphatic rings. The van der Waals surface area contributed by atoms with E-state index in [0.717, 1.165) is 10.6 Å². The zero-order valence-corrected chi connectivity index (χ0v) is 19.6. The van der Waals surface area contributed by atoms with Gasteiger partial charge in [0, 0.05) is 16.5 Å². The lowest BCUT2D eigenvalue weighted by Crippen LogP contribution is -2.40. The largest absolute Gasteiger partial charge is 0.497 e. The van der Waals surface area contributed by atoms with Gasteiger partial charge >= 0.3 is 0 Å². The molecular formula is C25H23N3O5S. The van der Waals surface area contributed by atoms with Crippen molar-refractivity contribution in [3.8, 4) is 29.1 Å². The minimum absolute atomic E-state index is 0.336. The summed E-state index contributed by atoms with van der Waals surface area (Å²) >= 11 is 1.45. The Morgan fingerprint density at radius 3 is 2.24 bits per heavy atom. The third-order valence-electron chi connectivity index (χ3n) is 5.18. The van der Waals surface area contributed by atoms with Crippen LogP contribution in [0.2, 0.25) is 0 Å². The maximum absolute atomic E-state index is 13.4. The van der Waals surface area contributed by atoms with E-state index in [9.17, 15) is 4.79 Å². The number of benzene rings is 3. The zero-order chi connectivity index (χ0) is 24.1. The molecule has 0 radical (unpaired) electrons. The van der Waals surface area contributed by atoms with Gasteiger partial charge in [0.2, 0.25) is 6.10 Å². The van der Waals surface area contributed by atoms with E-state index in [4.69, 9.17) is 24.2 Å². The number of rotatable bonds is 8. The average molecular weight is 478 g/mol. The molecule has 1 aliphatic heterocycles. The van der Waals surface area contributed by atoms with Crippen LogP contribution in [-0.4, -0.2) is 32.7 Å². The van der Waals surface area contributed by atoms with Crippen molar-refractivity contribution in [1.82, 2.24) is 5.32 Å². The number of nitrogens with zero attached hydrogens (tertiary/aromatic N) is 1. The number of hydrogen-bond acceptors (Lipinski definition) is 8. The molecule has 0 fully saturated rings. The molecule has 0 saturated carbocycles. The van der Waals surface area contributed by atoms with Crippen molar-refractivity contribution >= 4 is 23.4 Å². The normalized spacial score (nSPS) is 14.7. The first-order chi connectivity index (χ1) is 16.5. The van der Waals surface area contributed by atoms with Crippen LogP contribution in [-0.2, 0) is 4.79 Å². The van der Waals surface area contributed by atoms with Crippen LogP contribution < -0.4 is 29.6 Å². The molecule has 0 aliphatic carbocycles. The van der Waals surface area contributed by atoms with Crippen LogP contribution in [0, 0.1) is 11.3 Å². The van der Waals surface area contributed by atoms with E-state index in [1.54, 1.807) is 69.9 Å². The smallest absolute Gasteiger partial charge is 0.268 e. The summed E-state index contributed by atoms with van der Waals surface area (Å²) in [6.45, 7) is 0. The van der Waals surface area contributed by atoms with Crippen molar-refractivity contribution in [2.45, 2.75) is 16.5 Å². The predicted octanol–water partition coefficient (Wildman–Crippen LogP) is 4.32. The van der Waals surface area contributed by atoms with E-state index < -0.39 is 11.6 Å². The fraction of sp³-hybridized carbons (Fsp3) is 0.200. The van der Waals surface area contributed by atoms with E-state index in [-0.39, 0.29) is 5.91 Å². The third kappa shape index (κ3) is 4.97. The third-order valence-corrected chi connectivity index (χ3v) is 6.25. The molecule has 0 spiro atoms. The maximum Gasteiger partial charge on any atom is 0.268 e. The van der Waals surface area contributed by atoms with Crippen LogP contribution in [0.25, 0.3) is 0 Å². The molecule has 2 unspecified atom stereocenters. The maximum atomic E-state index is 13.4. The molecule has 0 saturated heterocycles. The molecule has 9 heteroatoms. The highest BCUT2D eigenvalue weighted by Gasteiger charge is 2.30. The first-order valence-electron chi connectivity index (χ1n) is 10.3. The summed E-state index contributed by atoms with van der Waals surface area (Å²) in [5, 5.41) is 15.4. The Balaban J connectivity index is 1.54. The number of ether oxygens (including phenoxy) is 4. The van der Waals surface area contributed by atoms with Crippen molar-refractivity contribution < 1.29 is 23.7 Å². The fourth-order valence-corrected chi connectivity index (χ4v) is 4.47. The standard InChI is InChI=1S/C25H23N3O5S/c1-30-17-8-10-18(11-9-17)33-23(16-6-4-15(14-26)5-7-16)24(29)28-25-27-19-12-20(31-2)21(32-3)13-22(19)34-25/h4-13,23,25,27H,1-3H3,(H,28,29). The summed E-state index contributed by atoms with van der Waals surface area (Å²) in [6, 6.07) is 19.5. The number of fused-ring (bicyclic) bond motifs is 1. The minimum atomic E-state index is -0.934. The van der Waals surface area contributed by atoms with Crippen molar-refractivity contribution in [2.75, 3.05) is 26.6 Å². The SMILES string of the molecule is COc1ccc(OC(C(=O)NC2Nc3cc(OC)c(OC)cc3S2)c2ccc(C#N)cc2)cc1. The van der Waals surface area contributed by atoms with E-state index >= 15 is 0 Å². The van der Waals surface area contributed by atoms with Crippen LogP contribution in [0.3, 0.4) is 0 Å². The highest BCUT2D eigenvalue weighted by molar-refractivity contribution is 8.00. The molecule has 174 valence electrons. The number of carbonyl (C=O) groups is 1. The van der Waals surface area contributed by atoms with Gasteiger partial charge in [-0.25, -0.2) is 0 Å².